The van der Waals surface area contributed by atoms with E-state index >= 15 is 0 Å². The first-order valence-corrected chi connectivity index (χ1v) is 10.1. The Bertz CT molecular complexity index is 1190. The monoisotopic (exact) mass is 433 g/mol. The van der Waals surface area contributed by atoms with E-state index in [0.717, 1.165) is 0 Å². The molecule has 0 saturated carbocycles. The van der Waals surface area contributed by atoms with E-state index in [4.69, 9.17) is 0 Å². The summed E-state index contributed by atoms with van der Waals surface area (Å²) in [7, 11) is 0. The fourth-order valence-electron chi connectivity index (χ4n) is 3.95. The molecule has 9 nitrogen and oxygen atoms in total. The van der Waals surface area contributed by atoms with Gasteiger partial charge in [0.2, 0.25) is 6.33 Å². The molecule has 1 aromatic heterocycles. The van der Waals surface area contributed by atoms with E-state index in [9.17, 15) is 24.8 Å². The number of ketones is 1. The van der Waals surface area contributed by atoms with Gasteiger partial charge in [0.05, 0.1) is 28.6 Å². The number of aromatic amines is 1. The highest BCUT2D eigenvalue weighted by Gasteiger charge is 2.47. The van der Waals surface area contributed by atoms with Gasteiger partial charge >= 0.3 is 0 Å². The molecule has 32 heavy (non-hydrogen) atoms. The van der Waals surface area contributed by atoms with Crippen LogP contribution in [0.15, 0.2) is 78.9 Å². The van der Waals surface area contributed by atoms with Crippen molar-refractivity contribution in [1.29, 1.82) is 0 Å². The van der Waals surface area contributed by atoms with E-state index in [1.807, 2.05) is 10.8 Å². The Morgan fingerprint density at radius 3 is 2.53 bits per heavy atom. The van der Waals surface area contributed by atoms with Crippen LogP contribution >= 0.6 is 0 Å². The van der Waals surface area contributed by atoms with Gasteiger partial charge in [-0.3, -0.25) is 24.7 Å². The van der Waals surface area contributed by atoms with Gasteiger partial charge in [-0.15, -0.1) is 0 Å². The number of nitro groups is 1. The van der Waals surface area contributed by atoms with E-state index < -0.39 is 22.7 Å². The van der Waals surface area contributed by atoms with E-state index in [2.05, 4.69) is 4.98 Å². The Hall–Kier alpha value is -4.27. The number of aliphatic hydroxyl groups excluding tert-OH is 1. The molecule has 1 atom stereocenters. The van der Waals surface area contributed by atoms with Crippen LogP contribution in [0.25, 0.3) is 5.76 Å². The molecule has 4 rings (SSSR count). The number of likely N-dealkylation sites (tertiary alicyclic amines) is 1. The number of carbonyl (C=O) groups is 2. The molecule has 0 aliphatic carbocycles. The number of amides is 1. The Balaban J connectivity index is 1.79. The second kappa shape index (κ2) is 8.84. The topological polar surface area (TPSA) is 120 Å². The Labute approximate surface area is 183 Å². The largest absolute Gasteiger partial charge is 0.507 e. The first kappa shape index (κ1) is 21.0. The molecular weight excluding hydrogens is 412 g/mol. The number of carbonyl (C=O) groups excluding carboxylic acids is 2. The van der Waals surface area contributed by atoms with Crippen LogP contribution in [0.2, 0.25) is 0 Å². The summed E-state index contributed by atoms with van der Waals surface area (Å²) in [6, 6.07) is 13.3. The van der Waals surface area contributed by atoms with E-state index in [0.29, 0.717) is 18.5 Å². The molecule has 2 heterocycles. The number of rotatable bonds is 7. The van der Waals surface area contributed by atoms with Gasteiger partial charge in [-0.05, 0) is 6.07 Å². The zero-order chi connectivity index (χ0) is 22.7. The first-order chi connectivity index (χ1) is 15.5. The van der Waals surface area contributed by atoms with Gasteiger partial charge in [-0.25, -0.2) is 4.57 Å². The van der Waals surface area contributed by atoms with Crippen LogP contribution in [-0.2, 0) is 16.1 Å². The zero-order valence-electron chi connectivity index (χ0n) is 17.0. The van der Waals surface area contributed by atoms with Gasteiger partial charge in [0.15, 0.2) is 0 Å². The average Bonchev–Trinajstić information content (AvgIpc) is 3.41. The maximum Gasteiger partial charge on any atom is 0.295 e. The molecule has 0 spiro atoms. The van der Waals surface area contributed by atoms with E-state index in [1.54, 1.807) is 48.9 Å². The summed E-state index contributed by atoms with van der Waals surface area (Å²) < 4.78 is 1.89. The normalized spacial score (nSPS) is 17.6. The molecule has 1 aliphatic rings. The highest BCUT2D eigenvalue weighted by atomic mass is 16.6. The molecule has 1 unspecified atom stereocenters. The number of hydrogen-bond acceptors (Lipinski definition) is 5. The number of Topliss-reactive ketones (excluding diaryl/α,β-unsaturated/α-hetero) is 1. The highest BCUT2D eigenvalue weighted by Crippen LogP contribution is 2.42. The number of H-pyrrole nitrogens is 1. The molecule has 1 fully saturated rings. The molecule has 3 aromatic rings. The lowest BCUT2D eigenvalue weighted by molar-refractivity contribution is -0.695. The standard InChI is InChI=1S/C23H20N4O5/c28-21(16-7-2-1-3-8-16)19-20(17-9-4-5-10-18(17)27(31)32)26(23(30)22(19)29)13-6-12-25-14-11-24-15-25/h1-5,7-11,14-15,20H,6,12-13H2,(H,28,29)/p+1. The second-order valence-corrected chi connectivity index (χ2v) is 7.38. The molecule has 1 amide bonds. The number of aromatic nitrogens is 2. The molecule has 2 aromatic carbocycles. The van der Waals surface area contributed by atoms with Gasteiger partial charge in [0, 0.05) is 24.6 Å². The van der Waals surface area contributed by atoms with Crippen molar-refractivity contribution >= 4 is 23.1 Å². The van der Waals surface area contributed by atoms with Gasteiger partial charge < -0.3 is 10.0 Å². The van der Waals surface area contributed by atoms with Crippen molar-refractivity contribution in [2.75, 3.05) is 6.54 Å². The van der Waals surface area contributed by atoms with Gasteiger partial charge in [-0.2, -0.15) is 0 Å². The number of aryl methyl sites for hydroxylation is 1. The SMILES string of the molecule is O=C1C(=O)N(CCC[n+]2cc[nH]c2)C(c2ccccc2[N+](=O)[O-])C1=C(O)c1ccccc1. The molecule has 0 bridgehead atoms. The molecule has 2 N–H and O–H groups in total. The fraction of sp³-hybridized carbons (Fsp3) is 0.174. The van der Waals surface area contributed by atoms with Crippen LogP contribution < -0.4 is 4.57 Å². The molecule has 9 heteroatoms. The Kier molecular flexibility index (Phi) is 5.80. The third-order valence-corrected chi connectivity index (χ3v) is 5.43. The number of nitrogens with one attached hydrogen (secondary N) is 1. The maximum absolute atomic E-state index is 13.0. The quantitative estimate of drug-likeness (QED) is 0.148. The summed E-state index contributed by atoms with van der Waals surface area (Å²) in [5.41, 5.74) is 0.175. The van der Waals surface area contributed by atoms with E-state index in [1.165, 1.54) is 23.1 Å². The summed E-state index contributed by atoms with van der Waals surface area (Å²) in [6.07, 6.45) is 5.88. The van der Waals surface area contributed by atoms with Gasteiger partial charge in [0.1, 0.15) is 18.2 Å². The summed E-state index contributed by atoms with van der Waals surface area (Å²) in [5.74, 6) is -2.00. The lowest BCUT2D eigenvalue weighted by Crippen LogP contribution is -2.36. The summed E-state index contributed by atoms with van der Waals surface area (Å²) in [4.78, 5) is 41.3. The van der Waals surface area contributed by atoms with Crippen molar-refractivity contribution in [3.63, 3.8) is 0 Å². The number of nitrogens with zero attached hydrogens (tertiary/aromatic N) is 3. The van der Waals surface area contributed by atoms with Crippen LogP contribution in [0.1, 0.15) is 23.6 Å². The number of para-hydroxylation sites is 1. The molecular formula is C23H21N4O5+. The number of hydrogen-bond donors (Lipinski definition) is 2. The first-order valence-electron chi connectivity index (χ1n) is 10.1. The summed E-state index contributed by atoms with van der Waals surface area (Å²) in [5, 5.41) is 22.7. The predicted octanol–water partition coefficient (Wildman–Crippen LogP) is 2.72. The Morgan fingerprint density at radius 2 is 1.84 bits per heavy atom. The lowest BCUT2D eigenvalue weighted by atomic mass is 9.94. The van der Waals surface area contributed by atoms with E-state index in [-0.39, 0.29) is 29.1 Å². The molecule has 162 valence electrons. The third kappa shape index (κ3) is 3.87. The third-order valence-electron chi connectivity index (χ3n) is 5.43. The van der Waals surface area contributed by atoms with Crippen molar-refractivity contribution < 1.29 is 24.2 Å². The minimum atomic E-state index is -1.06. The lowest BCUT2D eigenvalue weighted by Gasteiger charge is -2.24. The molecule has 0 radical (unpaired) electrons. The predicted molar refractivity (Wildman–Crippen MR) is 114 cm³/mol. The van der Waals surface area contributed by atoms with Gasteiger partial charge in [0.25, 0.3) is 17.4 Å². The average molecular weight is 433 g/mol. The number of nitro benzene ring substituents is 1. The summed E-state index contributed by atoms with van der Waals surface area (Å²) in [6.45, 7) is 0.764. The second-order valence-electron chi connectivity index (χ2n) is 7.38. The fourth-order valence-corrected chi connectivity index (χ4v) is 3.95. The van der Waals surface area contributed by atoms with Crippen molar-refractivity contribution in [3.8, 4) is 0 Å². The number of imidazole rings is 1. The van der Waals surface area contributed by atoms with Gasteiger partial charge in [-0.1, -0.05) is 42.5 Å². The smallest absolute Gasteiger partial charge is 0.295 e. The van der Waals surface area contributed by atoms with Crippen molar-refractivity contribution in [3.05, 3.63) is 100 Å². The number of aliphatic hydroxyl groups is 1. The number of benzene rings is 2. The van der Waals surface area contributed by atoms with Crippen molar-refractivity contribution in [2.45, 2.75) is 19.0 Å². The molecule has 1 aliphatic heterocycles. The highest BCUT2D eigenvalue weighted by molar-refractivity contribution is 6.46. The molecule has 1 saturated heterocycles. The van der Waals surface area contributed by atoms with Crippen LogP contribution in [0, 0.1) is 10.1 Å². The van der Waals surface area contributed by atoms with Crippen molar-refractivity contribution in [1.82, 2.24) is 9.88 Å². The minimum absolute atomic E-state index is 0.148. The Morgan fingerprint density at radius 1 is 1.12 bits per heavy atom. The minimum Gasteiger partial charge on any atom is -0.507 e. The summed E-state index contributed by atoms with van der Waals surface area (Å²) >= 11 is 0. The van der Waals surface area contributed by atoms with Crippen LogP contribution in [0.5, 0.6) is 0 Å². The zero-order valence-corrected chi connectivity index (χ0v) is 17.0. The van der Waals surface area contributed by atoms with Crippen LogP contribution in [0.3, 0.4) is 0 Å². The van der Waals surface area contributed by atoms with Crippen LogP contribution in [-0.4, -0.2) is 38.1 Å². The van der Waals surface area contributed by atoms with Crippen LogP contribution in [0.4, 0.5) is 5.69 Å². The van der Waals surface area contributed by atoms with Crippen molar-refractivity contribution in [2.24, 2.45) is 0 Å². The maximum atomic E-state index is 13.0.